The Morgan fingerprint density at radius 1 is 1.27 bits per heavy atom. The van der Waals surface area contributed by atoms with Gasteiger partial charge in [0.25, 0.3) is 0 Å². The fourth-order valence-corrected chi connectivity index (χ4v) is 3.52. The molecule has 4 rings (SSSR count). The lowest BCUT2D eigenvalue weighted by atomic mass is 10.1. The van der Waals surface area contributed by atoms with E-state index in [4.69, 9.17) is 10.5 Å². The third kappa shape index (κ3) is 3.20. The minimum atomic E-state index is -0.640. The molecule has 2 aromatic rings. The van der Waals surface area contributed by atoms with Crippen molar-refractivity contribution in [3.05, 3.63) is 47.9 Å². The number of carbonyl (C=O) groups is 1. The lowest BCUT2D eigenvalue weighted by molar-refractivity contribution is -0.133. The first-order valence-electron chi connectivity index (χ1n) is 8.60. The van der Waals surface area contributed by atoms with Gasteiger partial charge < -0.3 is 20.3 Å². The molecule has 1 aromatic carbocycles. The van der Waals surface area contributed by atoms with E-state index in [9.17, 15) is 9.18 Å². The fourth-order valence-electron chi connectivity index (χ4n) is 3.52. The van der Waals surface area contributed by atoms with Crippen LogP contribution < -0.4 is 10.6 Å². The molecule has 2 atom stereocenters. The van der Waals surface area contributed by atoms with Crippen LogP contribution >= 0.6 is 0 Å². The predicted molar refractivity (Wildman–Crippen MR) is 93.8 cm³/mol. The summed E-state index contributed by atoms with van der Waals surface area (Å²) in [4.78, 5) is 24.4. The number of nitrogen functional groups attached to an aromatic ring is 1. The average molecular weight is 357 g/mol. The Kier molecular flexibility index (Phi) is 4.42. The number of ether oxygens (including phenoxy) is 1. The van der Waals surface area contributed by atoms with Crippen molar-refractivity contribution < 1.29 is 13.9 Å². The molecule has 0 aliphatic carbocycles. The number of aromatic nitrogens is 2. The van der Waals surface area contributed by atoms with Gasteiger partial charge in [-0.25, -0.2) is 9.37 Å². The smallest absolute Gasteiger partial charge is 0.227 e. The van der Waals surface area contributed by atoms with Crippen molar-refractivity contribution in [2.75, 3.05) is 30.3 Å². The molecular weight excluding hydrogens is 337 g/mol. The lowest BCUT2D eigenvalue weighted by Gasteiger charge is -2.29. The van der Waals surface area contributed by atoms with Crippen LogP contribution in [0.4, 0.5) is 16.2 Å². The first-order valence-corrected chi connectivity index (χ1v) is 8.60. The third-order valence-electron chi connectivity index (χ3n) is 4.84. The first-order chi connectivity index (χ1) is 12.6. The molecule has 1 aromatic heterocycles. The van der Waals surface area contributed by atoms with Crippen LogP contribution in [0, 0.1) is 5.82 Å². The highest BCUT2D eigenvalue weighted by atomic mass is 19.1. The average Bonchev–Trinajstić information content (AvgIpc) is 3.01. The second-order valence-corrected chi connectivity index (χ2v) is 6.54. The number of benzene rings is 1. The Bertz CT molecular complexity index is 803. The molecule has 2 aliphatic rings. The Morgan fingerprint density at radius 3 is 2.85 bits per heavy atom. The quantitative estimate of drug-likeness (QED) is 0.889. The molecule has 0 spiro atoms. The van der Waals surface area contributed by atoms with Crippen LogP contribution in [0.2, 0.25) is 0 Å². The number of hydrogen-bond acceptors (Lipinski definition) is 6. The van der Waals surface area contributed by atoms with E-state index in [0.29, 0.717) is 38.6 Å². The van der Waals surface area contributed by atoms with Crippen LogP contribution in [0.25, 0.3) is 0 Å². The Balaban J connectivity index is 1.57. The van der Waals surface area contributed by atoms with Crippen LogP contribution in [-0.4, -0.2) is 52.6 Å². The maximum absolute atomic E-state index is 13.3. The Hall–Kier alpha value is -2.74. The molecule has 8 heteroatoms. The Labute approximate surface area is 150 Å². The van der Waals surface area contributed by atoms with Crippen LogP contribution in [0.1, 0.15) is 12.0 Å². The van der Waals surface area contributed by atoms with Crippen molar-refractivity contribution in [2.45, 2.75) is 25.1 Å². The van der Waals surface area contributed by atoms with E-state index in [1.165, 1.54) is 0 Å². The second-order valence-electron chi connectivity index (χ2n) is 6.54. The van der Waals surface area contributed by atoms with Crippen molar-refractivity contribution in [2.24, 2.45) is 0 Å². The van der Waals surface area contributed by atoms with Gasteiger partial charge in [0.1, 0.15) is 0 Å². The van der Waals surface area contributed by atoms with Crippen molar-refractivity contribution in [3.63, 3.8) is 0 Å². The van der Waals surface area contributed by atoms with Crippen molar-refractivity contribution in [1.29, 1.82) is 0 Å². The summed E-state index contributed by atoms with van der Waals surface area (Å²) in [6.07, 6.45) is 1.31. The monoisotopic (exact) mass is 357 g/mol. The highest BCUT2D eigenvalue weighted by molar-refractivity contribution is 5.77. The number of hydrogen-bond donors (Lipinski definition) is 1. The maximum atomic E-state index is 13.3. The number of fused-ring (bicyclic) bond motifs is 1. The normalized spacial score (nSPS) is 23.0. The Morgan fingerprint density at radius 2 is 2.08 bits per heavy atom. The first kappa shape index (κ1) is 16.7. The molecule has 136 valence electrons. The molecule has 2 saturated heterocycles. The molecule has 2 N–H and O–H groups in total. The number of nitrogens with zero attached hydrogens (tertiary/aromatic N) is 4. The molecule has 2 aliphatic heterocycles. The van der Waals surface area contributed by atoms with E-state index in [-0.39, 0.29) is 23.9 Å². The number of nitrogens with two attached hydrogens (primary N) is 1. The van der Waals surface area contributed by atoms with Gasteiger partial charge in [0, 0.05) is 19.6 Å². The fraction of sp³-hybridized carbons (Fsp3) is 0.389. The molecule has 1 amide bonds. The van der Waals surface area contributed by atoms with Crippen molar-refractivity contribution >= 4 is 17.7 Å². The highest BCUT2D eigenvalue weighted by Crippen LogP contribution is 2.27. The predicted octanol–water partition coefficient (Wildman–Crippen LogP) is 1.20. The zero-order chi connectivity index (χ0) is 18.1. The van der Waals surface area contributed by atoms with Crippen molar-refractivity contribution in [1.82, 2.24) is 14.9 Å². The molecule has 2 fully saturated rings. The molecule has 0 radical (unpaired) electrons. The van der Waals surface area contributed by atoms with E-state index in [1.54, 1.807) is 0 Å². The summed E-state index contributed by atoms with van der Waals surface area (Å²) in [6.45, 7) is 1.98. The summed E-state index contributed by atoms with van der Waals surface area (Å²) in [5.41, 5.74) is 6.63. The SMILES string of the molecule is Nc1nc(N2C[C@@H]3OCCC(=O)N(Cc4ccccc4)[C@H]3C2)ncc1F. The molecule has 0 unspecified atom stereocenters. The summed E-state index contributed by atoms with van der Waals surface area (Å²) in [5, 5.41) is 0. The van der Waals surface area contributed by atoms with Gasteiger partial charge in [-0.05, 0) is 5.56 Å². The van der Waals surface area contributed by atoms with E-state index < -0.39 is 5.82 Å². The lowest BCUT2D eigenvalue weighted by Crippen LogP contribution is -2.45. The van der Waals surface area contributed by atoms with E-state index in [0.717, 1.165) is 11.8 Å². The summed E-state index contributed by atoms with van der Waals surface area (Å²) >= 11 is 0. The van der Waals surface area contributed by atoms with Crippen LogP contribution in [0.5, 0.6) is 0 Å². The number of carbonyl (C=O) groups excluding carboxylic acids is 1. The molecule has 0 saturated carbocycles. The van der Waals surface area contributed by atoms with Crippen molar-refractivity contribution in [3.8, 4) is 0 Å². The maximum Gasteiger partial charge on any atom is 0.227 e. The van der Waals surface area contributed by atoms with Crippen LogP contribution in [-0.2, 0) is 16.1 Å². The topological polar surface area (TPSA) is 84.6 Å². The minimum absolute atomic E-state index is 0.0720. The molecule has 0 bridgehead atoms. The zero-order valence-electron chi connectivity index (χ0n) is 14.2. The summed E-state index contributed by atoms with van der Waals surface area (Å²) in [6, 6.07) is 9.77. The number of amides is 1. The summed E-state index contributed by atoms with van der Waals surface area (Å²) in [7, 11) is 0. The van der Waals surface area contributed by atoms with E-state index in [2.05, 4.69) is 9.97 Å². The summed E-state index contributed by atoms with van der Waals surface area (Å²) in [5.74, 6) is -0.394. The standard InChI is InChI=1S/C18H20FN5O2/c19-13-8-21-18(22-17(13)20)23-10-14-15(11-23)26-7-6-16(25)24(14)9-12-4-2-1-3-5-12/h1-5,8,14-15H,6-7,9-11H2,(H2,20,21,22)/t14-,15-/m0/s1. The van der Waals surface area contributed by atoms with Gasteiger partial charge in [0.05, 0.1) is 31.4 Å². The zero-order valence-corrected chi connectivity index (χ0v) is 14.2. The largest absolute Gasteiger partial charge is 0.381 e. The van der Waals surface area contributed by atoms with E-state index >= 15 is 0 Å². The number of halogens is 1. The molecule has 26 heavy (non-hydrogen) atoms. The third-order valence-corrected chi connectivity index (χ3v) is 4.84. The van der Waals surface area contributed by atoms with Gasteiger partial charge in [-0.1, -0.05) is 30.3 Å². The van der Waals surface area contributed by atoms with Gasteiger partial charge in [0.15, 0.2) is 11.6 Å². The van der Waals surface area contributed by atoms with Crippen LogP contribution in [0.15, 0.2) is 36.5 Å². The molecule has 3 heterocycles. The van der Waals surface area contributed by atoms with Gasteiger partial charge in [-0.15, -0.1) is 0 Å². The highest BCUT2D eigenvalue weighted by Gasteiger charge is 2.42. The van der Waals surface area contributed by atoms with Gasteiger partial charge in [-0.3, -0.25) is 4.79 Å². The minimum Gasteiger partial charge on any atom is -0.381 e. The molecular formula is C18H20FN5O2. The molecule has 7 nitrogen and oxygen atoms in total. The number of rotatable bonds is 3. The van der Waals surface area contributed by atoms with Crippen LogP contribution in [0.3, 0.4) is 0 Å². The van der Waals surface area contributed by atoms with Gasteiger partial charge in [0.2, 0.25) is 11.9 Å². The van der Waals surface area contributed by atoms with Gasteiger partial charge >= 0.3 is 0 Å². The summed E-state index contributed by atoms with van der Waals surface area (Å²) < 4.78 is 19.3. The second kappa shape index (κ2) is 6.87. The van der Waals surface area contributed by atoms with Gasteiger partial charge in [-0.2, -0.15) is 4.98 Å². The van der Waals surface area contributed by atoms with E-state index in [1.807, 2.05) is 40.1 Å². The number of anilines is 2.